The summed E-state index contributed by atoms with van der Waals surface area (Å²) in [6, 6.07) is 14.3. The predicted molar refractivity (Wildman–Crippen MR) is 148 cm³/mol. The molecule has 0 saturated carbocycles. The second-order valence-electron chi connectivity index (χ2n) is 9.30. The van der Waals surface area contributed by atoms with E-state index in [0.29, 0.717) is 62.8 Å². The number of hydrogen-bond donors (Lipinski definition) is 1. The summed E-state index contributed by atoms with van der Waals surface area (Å²) in [4.78, 5) is 28.0. The zero-order valence-electron chi connectivity index (χ0n) is 22.5. The molecule has 2 amide bonds. The molecular formula is C28H39N3O6S. The highest BCUT2D eigenvalue weighted by Crippen LogP contribution is 2.34. The van der Waals surface area contributed by atoms with Crippen molar-refractivity contribution in [3.63, 3.8) is 0 Å². The number of amides is 2. The van der Waals surface area contributed by atoms with E-state index in [4.69, 9.17) is 9.47 Å². The van der Waals surface area contributed by atoms with Crippen molar-refractivity contribution in [3.05, 3.63) is 54.1 Å². The minimum absolute atomic E-state index is 0.114. The number of rotatable bonds is 14. The van der Waals surface area contributed by atoms with Crippen LogP contribution in [0.1, 0.15) is 45.1 Å². The van der Waals surface area contributed by atoms with Gasteiger partial charge in [0, 0.05) is 32.1 Å². The van der Waals surface area contributed by atoms with E-state index in [0.717, 1.165) is 18.2 Å². The van der Waals surface area contributed by atoms with Crippen LogP contribution in [0.3, 0.4) is 0 Å². The number of benzene rings is 2. The zero-order valence-corrected chi connectivity index (χ0v) is 23.3. The number of carbonyl (C=O) groups excluding carboxylic acids is 2. The summed E-state index contributed by atoms with van der Waals surface area (Å²) in [5, 5.41) is 2.92. The second-order valence-corrected chi connectivity index (χ2v) is 11.2. The van der Waals surface area contributed by atoms with Crippen LogP contribution in [0, 0.1) is 0 Å². The molecule has 0 fully saturated rings. The first-order valence-electron chi connectivity index (χ1n) is 13.2. The van der Waals surface area contributed by atoms with E-state index in [1.54, 1.807) is 23.1 Å². The van der Waals surface area contributed by atoms with E-state index in [1.807, 2.05) is 44.2 Å². The number of carbonyl (C=O) groups is 2. The molecule has 1 aliphatic rings. The van der Waals surface area contributed by atoms with Crippen molar-refractivity contribution in [3.8, 4) is 11.5 Å². The van der Waals surface area contributed by atoms with Crippen molar-refractivity contribution < 1.29 is 27.5 Å². The molecule has 0 spiro atoms. The summed E-state index contributed by atoms with van der Waals surface area (Å²) in [7, 11) is -3.61. The van der Waals surface area contributed by atoms with Gasteiger partial charge in [0.15, 0.2) is 11.5 Å². The SMILES string of the molecule is CCCNC(=O)C(CC)N(CCc1ccccc1)C(=O)CCCN(c1ccc2c(c1)OCCO2)S(C)(=O)=O. The third-order valence-electron chi connectivity index (χ3n) is 6.39. The first-order valence-corrected chi connectivity index (χ1v) is 15.1. The van der Waals surface area contributed by atoms with Crippen molar-refractivity contribution >= 4 is 27.5 Å². The summed E-state index contributed by atoms with van der Waals surface area (Å²) >= 11 is 0. The number of nitrogens with zero attached hydrogens (tertiary/aromatic N) is 2. The van der Waals surface area contributed by atoms with Crippen LogP contribution in [0.4, 0.5) is 5.69 Å². The second kappa shape index (κ2) is 14.0. The summed E-state index contributed by atoms with van der Waals surface area (Å²) in [6.45, 7) is 5.79. The van der Waals surface area contributed by atoms with Gasteiger partial charge in [-0.3, -0.25) is 13.9 Å². The molecule has 208 valence electrons. The van der Waals surface area contributed by atoms with E-state index >= 15 is 0 Å². The molecule has 3 rings (SSSR count). The van der Waals surface area contributed by atoms with Gasteiger partial charge in [-0.25, -0.2) is 8.42 Å². The van der Waals surface area contributed by atoms with Crippen molar-refractivity contribution in [2.75, 3.05) is 43.4 Å². The van der Waals surface area contributed by atoms with Crippen molar-refractivity contribution in [2.24, 2.45) is 0 Å². The normalized spacial score (nSPS) is 13.4. The van der Waals surface area contributed by atoms with Gasteiger partial charge in [0.2, 0.25) is 21.8 Å². The molecule has 1 heterocycles. The minimum atomic E-state index is -3.61. The van der Waals surface area contributed by atoms with E-state index in [9.17, 15) is 18.0 Å². The van der Waals surface area contributed by atoms with E-state index in [2.05, 4.69) is 5.32 Å². The van der Waals surface area contributed by atoms with Gasteiger partial charge in [0.05, 0.1) is 11.9 Å². The van der Waals surface area contributed by atoms with Gasteiger partial charge >= 0.3 is 0 Å². The number of hydrogen-bond acceptors (Lipinski definition) is 6. The molecule has 1 unspecified atom stereocenters. The number of nitrogens with one attached hydrogen (secondary N) is 1. The molecule has 1 atom stereocenters. The predicted octanol–water partition coefficient (Wildman–Crippen LogP) is 3.38. The lowest BCUT2D eigenvalue weighted by atomic mass is 10.1. The van der Waals surface area contributed by atoms with E-state index < -0.39 is 16.1 Å². The maximum atomic E-state index is 13.4. The molecular weight excluding hydrogens is 506 g/mol. The smallest absolute Gasteiger partial charge is 0.242 e. The quantitative estimate of drug-likeness (QED) is 0.390. The van der Waals surface area contributed by atoms with Crippen LogP contribution in [0.15, 0.2) is 48.5 Å². The largest absolute Gasteiger partial charge is 0.486 e. The van der Waals surface area contributed by atoms with Crippen molar-refractivity contribution in [2.45, 2.75) is 52.0 Å². The molecule has 9 nitrogen and oxygen atoms in total. The van der Waals surface area contributed by atoms with Crippen LogP contribution >= 0.6 is 0 Å². The molecule has 1 N–H and O–H groups in total. The Balaban J connectivity index is 1.71. The van der Waals surface area contributed by atoms with Crippen molar-refractivity contribution in [1.82, 2.24) is 10.2 Å². The Morgan fingerprint density at radius 3 is 2.37 bits per heavy atom. The summed E-state index contributed by atoms with van der Waals surface area (Å²) < 4.78 is 37.7. The van der Waals surface area contributed by atoms with Gasteiger partial charge in [-0.1, -0.05) is 44.2 Å². The van der Waals surface area contributed by atoms with Crippen molar-refractivity contribution in [1.29, 1.82) is 0 Å². The Kier molecular flexibility index (Phi) is 10.8. The van der Waals surface area contributed by atoms with E-state index in [-0.39, 0.29) is 24.8 Å². The highest BCUT2D eigenvalue weighted by Gasteiger charge is 2.28. The minimum Gasteiger partial charge on any atom is -0.486 e. The Hall–Kier alpha value is -3.27. The highest BCUT2D eigenvalue weighted by molar-refractivity contribution is 7.92. The van der Waals surface area contributed by atoms with Crippen LogP contribution in [0.25, 0.3) is 0 Å². The molecule has 10 heteroatoms. The fourth-order valence-electron chi connectivity index (χ4n) is 4.45. The fourth-order valence-corrected chi connectivity index (χ4v) is 5.41. The van der Waals surface area contributed by atoms with Gasteiger partial charge in [0.25, 0.3) is 0 Å². The molecule has 0 aliphatic carbocycles. The topological polar surface area (TPSA) is 105 Å². The third kappa shape index (κ3) is 8.11. The Morgan fingerprint density at radius 1 is 1.00 bits per heavy atom. The number of anilines is 1. The Morgan fingerprint density at radius 2 is 1.71 bits per heavy atom. The van der Waals surface area contributed by atoms with Crippen LogP contribution < -0.4 is 19.1 Å². The molecule has 0 aromatic heterocycles. The average molecular weight is 546 g/mol. The van der Waals surface area contributed by atoms with Gasteiger partial charge in [-0.05, 0) is 43.4 Å². The maximum Gasteiger partial charge on any atom is 0.242 e. The van der Waals surface area contributed by atoms with Crippen LogP contribution in [0.5, 0.6) is 11.5 Å². The summed E-state index contributed by atoms with van der Waals surface area (Å²) in [5.41, 5.74) is 1.53. The molecule has 2 aromatic rings. The average Bonchev–Trinajstić information content (AvgIpc) is 2.91. The molecule has 2 aromatic carbocycles. The lowest BCUT2D eigenvalue weighted by molar-refractivity contribution is -0.140. The first kappa shape index (κ1) is 29.3. The van der Waals surface area contributed by atoms with Gasteiger partial charge < -0.3 is 19.7 Å². The first-order chi connectivity index (χ1) is 18.2. The highest BCUT2D eigenvalue weighted by atomic mass is 32.2. The van der Waals surface area contributed by atoms with Gasteiger partial charge in [0.1, 0.15) is 19.3 Å². The monoisotopic (exact) mass is 545 g/mol. The van der Waals surface area contributed by atoms with Crippen LogP contribution in [0.2, 0.25) is 0 Å². The Labute approximate surface area is 226 Å². The molecule has 0 radical (unpaired) electrons. The summed E-state index contributed by atoms with van der Waals surface area (Å²) in [5.74, 6) is 0.735. The van der Waals surface area contributed by atoms with Crippen LogP contribution in [-0.4, -0.2) is 70.3 Å². The van der Waals surface area contributed by atoms with Gasteiger partial charge in [-0.15, -0.1) is 0 Å². The fraction of sp³-hybridized carbons (Fsp3) is 0.500. The number of fused-ring (bicyclic) bond motifs is 1. The molecule has 38 heavy (non-hydrogen) atoms. The number of sulfonamides is 1. The van der Waals surface area contributed by atoms with E-state index in [1.165, 1.54) is 4.31 Å². The zero-order chi connectivity index (χ0) is 27.5. The lowest BCUT2D eigenvalue weighted by Crippen LogP contribution is -2.50. The number of ether oxygens (including phenoxy) is 2. The maximum absolute atomic E-state index is 13.4. The molecule has 1 aliphatic heterocycles. The van der Waals surface area contributed by atoms with Crippen LogP contribution in [-0.2, 0) is 26.0 Å². The Bertz CT molecular complexity index is 1170. The standard InChI is InChI=1S/C28H39N3O6S/c1-4-16-29-28(33)24(5-2)30(18-15-22-10-7-6-8-11-22)27(32)12-9-17-31(38(3,34)35)23-13-14-25-26(21-23)37-20-19-36-25/h6-8,10-11,13-14,21,24H,4-5,9,12,15-20H2,1-3H3,(H,29,33). The van der Waals surface area contributed by atoms with Gasteiger partial charge in [-0.2, -0.15) is 0 Å². The third-order valence-corrected chi connectivity index (χ3v) is 7.58. The lowest BCUT2D eigenvalue weighted by Gasteiger charge is -2.31. The summed E-state index contributed by atoms with van der Waals surface area (Å²) in [6.07, 6.45) is 3.47. The molecule has 0 bridgehead atoms. The molecule has 0 saturated heterocycles.